The molecule has 1 aromatic rings. The normalized spacial score (nSPS) is 19.2. The fourth-order valence-electron chi connectivity index (χ4n) is 2.40. The first kappa shape index (κ1) is 14.5. The Morgan fingerprint density at radius 3 is 3.05 bits per heavy atom. The predicted molar refractivity (Wildman–Crippen MR) is 81.2 cm³/mol. The zero-order valence-electron chi connectivity index (χ0n) is 11.3. The first-order valence-corrected chi connectivity index (χ1v) is 7.69. The number of rotatable bonds is 4. The monoisotopic (exact) mass is 324 g/mol. The summed E-state index contributed by atoms with van der Waals surface area (Å²) >= 11 is 3.49. The van der Waals surface area contributed by atoms with Gasteiger partial charge in [-0.05, 0) is 49.9 Å². The molecule has 0 radical (unpaired) electrons. The van der Waals surface area contributed by atoms with Gasteiger partial charge in [-0.3, -0.25) is 4.79 Å². The third kappa shape index (κ3) is 4.62. The lowest BCUT2D eigenvalue weighted by atomic mass is 10.1. The predicted octanol–water partition coefficient (Wildman–Crippen LogP) is 2.56. The van der Waals surface area contributed by atoms with Crippen molar-refractivity contribution in [3.63, 3.8) is 0 Å². The van der Waals surface area contributed by atoms with Crippen molar-refractivity contribution < 1.29 is 4.79 Å². The van der Waals surface area contributed by atoms with Crippen LogP contribution in [0.3, 0.4) is 0 Å². The van der Waals surface area contributed by atoms with E-state index in [1.54, 1.807) is 0 Å². The minimum absolute atomic E-state index is 0.161. The number of carbonyl (C=O) groups is 1. The van der Waals surface area contributed by atoms with Gasteiger partial charge in [0.05, 0.1) is 0 Å². The third-order valence-electron chi connectivity index (χ3n) is 3.53. The Labute approximate surface area is 123 Å². The van der Waals surface area contributed by atoms with Crippen molar-refractivity contribution in [1.82, 2.24) is 10.6 Å². The Hall–Kier alpha value is -0.870. The first-order valence-electron chi connectivity index (χ1n) is 6.90. The van der Waals surface area contributed by atoms with Gasteiger partial charge in [0.15, 0.2) is 0 Å². The van der Waals surface area contributed by atoms with Crippen LogP contribution in [-0.4, -0.2) is 25.0 Å². The molecule has 0 spiro atoms. The number of hydrogen-bond acceptors (Lipinski definition) is 2. The molecule has 1 amide bonds. The average molecular weight is 325 g/mol. The molecule has 1 aliphatic rings. The van der Waals surface area contributed by atoms with E-state index in [0.29, 0.717) is 12.5 Å². The van der Waals surface area contributed by atoms with Crippen LogP contribution in [0.2, 0.25) is 0 Å². The van der Waals surface area contributed by atoms with E-state index in [-0.39, 0.29) is 5.91 Å². The van der Waals surface area contributed by atoms with Crippen LogP contribution in [0.25, 0.3) is 0 Å². The molecule has 1 aliphatic heterocycles. The van der Waals surface area contributed by atoms with Crippen molar-refractivity contribution in [3.8, 4) is 0 Å². The lowest BCUT2D eigenvalue weighted by Gasteiger charge is -2.23. The molecule has 19 heavy (non-hydrogen) atoms. The smallest absolute Gasteiger partial charge is 0.220 e. The molecular weight excluding hydrogens is 304 g/mol. The molecule has 1 unspecified atom stereocenters. The van der Waals surface area contributed by atoms with Crippen molar-refractivity contribution in [2.75, 3.05) is 13.1 Å². The lowest BCUT2D eigenvalue weighted by molar-refractivity contribution is -0.121. The van der Waals surface area contributed by atoms with Gasteiger partial charge in [0.1, 0.15) is 0 Å². The highest BCUT2D eigenvalue weighted by Gasteiger charge is 2.14. The quantitative estimate of drug-likeness (QED) is 0.893. The number of halogens is 1. The standard InChI is InChI=1S/C15H21BrN2O/c1-11-9-12(4-6-14(11)16)5-7-15(19)18-13-3-2-8-17-10-13/h4,6,9,13,17H,2-3,5,7-8,10H2,1H3,(H,18,19). The van der Waals surface area contributed by atoms with E-state index >= 15 is 0 Å². The van der Waals surface area contributed by atoms with E-state index in [1.807, 2.05) is 6.07 Å². The Kier molecular flexibility index (Phi) is 5.40. The summed E-state index contributed by atoms with van der Waals surface area (Å²) in [7, 11) is 0. The van der Waals surface area contributed by atoms with Gasteiger partial charge < -0.3 is 10.6 Å². The van der Waals surface area contributed by atoms with Crippen molar-refractivity contribution in [2.45, 2.75) is 38.6 Å². The van der Waals surface area contributed by atoms with Crippen LogP contribution in [0.1, 0.15) is 30.4 Å². The number of nitrogens with one attached hydrogen (secondary N) is 2. The summed E-state index contributed by atoms with van der Waals surface area (Å²) < 4.78 is 1.12. The molecule has 1 saturated heterocycles. The van der Waals surface area contributed by atoms with Gasteiger partial charge in [0.2, 0.25) is 5.91 Å². The van der Waals surface area contributed by atoms with Gasteiger partial charge in [-0.15, -0.1) is 0 Å². The Morgan fingerprint density at radius 2 is 2.37 bits per heavy atom. The van der Waals surface area contributed by atoms with E-state index in [4.69, 9.17) is 0 Å². The van der Waals surface area contributed by atoms with Gasteiger partial charge in [0.25, 0.3) is 0 Å². The number of piperidine rings is 1. The third-order valence-corrected chi connectivity index (χ3v) is 4.41. The average Bonchev–Trinajstić information content (AvgIpc) is 2.41. The Morgan fingerprint density at radius 1 is 1.53 bits per heavy atom. The highest BCUT2D eigenvalue weighted by Crippen LogP contribution is 2.17. The molecule has 0 saturated carbocycles. The zero-order valence-corrected chi connectivity index (χ0v) is 12.9. The van der Waals surface area contributed by atoms with E-state index < -0.39 is 0 Å². The summed E-state index contributed by atoms with van der Waals surface area (Å²) in [5.74, 6) is 0.161. The van der Waals surface area contributed by atoms with Crippen LogP contribution in [0.15, 0.2) is 22.7 Å². The molecule has 0 aromatic heterocycles. The summed E-state index contributed by atoms with van der Waals surface area (Å²) in [5, 5.41) is 6.41. The van der Waals surface area contributed by atoms with Crippen LogP contribution in [0, 0.1) is 6.92 Å². The summed E-state index contributed by atoms with van der Waals surface area (Å²) in [6, 6.07) is 6.58. The molecule has 0 bridgehead atoms. The number of hydrogen-bond donors (Lipinski definition) is 2. The van der Waals surface area contributed by atoms with Crippen molar-refractivity contribution in [3.05, 3.63) is 33.8 Å². The second kappa shape index (κ2) is 7.06. The molecular formula is C15H21BrN2O. The van der Waals surface area contributed by atoms with E-state index in [0.717, 1.165) is 36.8 Å². The Bertz CT molecular complexity index is 442. The molecule has 1 atom stereocenters. The van der Waals surface area contributed by atoms with Crippen LogP contribution >= 0.6 is 15.9 Å². The van der Waals surface area contributed by atoms with Crippen molar-refractivity contribution in [2.24, 2.45) is 0 Å². The maximum absolute atomic E-state index is 11.9. The van der Waals surface area contributed by atoms with E-state index in [2.05, 4.69) is 45.6 Å². The number of aryl methyl sites for hydroxylation is 2. The second-order valence-electron chi connectivity index (χ2n) is 5.19. The molecule has 0 aliphatic carbocycles. The molecule has 1 aromatic carbocycles. The van der Waals surface area contributed by atoms with Gasteiger partial charge >= 0.3 is 0 Å². The van der Waals surface area contributed by atoms with Crippen LogP contribution < -0.4 is 10.6 Å². The summed E-state index contributed by atoms with van der Waals surface area (Å²) in [4.78, 5) is 11.9. The number of amides is 1. The summed E-state index contributed by atoms with van der Waals surface area (Å²) in [5.41, 5.74) is 2.44. The molecule has 3 nitrogen and oxygen atoms in total. The molecule has 104 valence electrons. The van der Waals surface area contributed by atoms with Crippen LogP contribution in [-0.2, 0) is 11.2 Å². The van der Waals surface area contributed by atoms with Gasteiger partial charge in [-0.1, -0.05) is 28.1 Å². The largest absolute Gasteiger partial charge is 0.352 e. The molecule has 2 N–H and O–H groups in total. The first-order chi connectivity index (χ1) is 9.15. The minimum atomic E-state index is 0.161. The summed E-state index contributed by atoms with van der Waals surface area (Å²) in [6.07, 6.45) is 3.62. The molecule has 2 rings (SSSR count). The Balaban J connectivity index is 1.77. The van der Waals surface area contributed by atoms with Gasteiger partial charge in [-0.2, -0.15) is 0 Å². The minimum Gasteiger partial charge on any atom is -0.352 e. The van der Waals surface area contributed by atoms with E-state index in [9.17, 15) is 4.79 Å². The van der Waals surface area contributed by atoms with Crippen LogP contribution in [0.5, 0.6) is 0 Å². The van der Waals surface area contributed by atoms with Gasteiger partial charge in [-0.25, -0.2) is 0 Å². The fraction of sp³-hybridized carbons (Fsp3) is 0.533. The lowest BCUT2D eigenvalue weighted by Crippen LogP contribution is -2.45. The highest BCUT2D eigenvalue weighted by atomic mass is 79.9. The molecule has 1 heterocycles. The maximum atomic E-state index is 11.9. The molecule has 4 heteroatoms. The molecule has 1 fully saturated rings. The topological polar surface area (TPSA) is 41.1 Å². The number of carbonyl (C=O) groups excluding carboxylic acids is 1. The van der Waals surface area contributed by atoms with E-state index in [1.165, 1.54) is 11.1 Å². The van der Waals surface area contributed by atoms with Crippen LogP contribution in [0.4, 0.5) is 0 Å². The number of benzene rings is 1. The van der Waals surface area contributed by atoms with Gasteiger partial charge in [0, 0.05) is 23.5 Å². The highest BCUT2D eigenvalue weighted by molar-refractivity contribution is 9.10. The maximum Gasteiger partial charge on any atom is 0.220 e. The van der Waals surface area contributed by atoms with Crippen molar-refractivity contribution in [1.29, 1.82) is 0 Å². The fourth-order valence-corrected chi connectivity index (χ4v) is 2.64. The van der Waals surface area contributed by atoms with Crippen molar-refractivity contribution >= 4 is 21.8 Å². The SMILES string of the molecule is Cc1cc(CCC(=O)NC2CCCNC2)ccc1Br. The summed E-state index contributed by atoms with van der Waals surface area (Å²) in [6.45, 7) is 4.05. The zero-order chi connectivity index (χ0) is 13.7. The second-order valence-corrected chi connectivity index (χ2v) is 6.05.